The van der Waals surface area contributed by atoms with Crippen molar-refractivity contribution in [2.24, 2.45) is 15.9 Å². The molecule has 5 nitrogen and oxygen atoms in total. The summed E-state index contributed by atoms with van der Waals surface area (Å²) in [6.45, 7) is 0. The van der Waals surface area contributed by atoms with Crippen molar-refractivity contribution in [3.8, 4) is 0 Å². The Kier molecular flexibility index (Phi) is 4.94. The molecule has 1 aromatic rings. The first-order valence-electron chi connectivity index (χ1n) is 7.63. The molecule has 1 heterocycles. The molecule has 9 heteroatoms. The third kappa shape index (κ3) is 4.28. The Balaban J connectivity index is 1.56. The van der Waals surface area contributed by atoms with Crippen LogP contribution in [0.5, 0.6) is 0 Å². The van der Waals surface area contributed by atoms with Crippen LogP contribution in [0.1, 0.15) is 24.8 Å². The number of aliphatic imine (C=N–C) groups is 2. The van der Waals surface area contributed by atoms with Gasteiger partial charge in [0.05, 0.1) is 16.4 Å². The lowest BCUT2D eigenvalue weighted by molar-refractivity contribution is -0.137. The van der Waals surface area contributed by atoms with E-state index in [1.165, 1.54) is 23.9 Å². The molecular formula is C16H14F3N3O2S. The van der Waals surface area contributed by atoms with Crippen molar-refractivity contribution in [2.75, 3.05) is 11.1 Å². The van der Waals surface area contributed by atoms with Gasteiger partial charge in [-0.05, 0) is 43.5 Å². The van der Waals surface area contributed by atoms with Crippen molar-refractivity contribution in [1.82, 2.24) is 0 Å². The van der Waals surface area contributed by atoms with E-state index in [1.807, 2.05) is 0 Å². The second kappa shape index (κ2) is 6.99. The fourth-order valence-corrected chi connectivity index (χ4v) is 3.71. The number of hydrogen-bond acceptors (Lipinski definition) is 3. The van der Waals surface area contributed by atoms with Crippen LogP contribution in [0.2, 0.25) is 0 Å². The van der Waals surface area contributed by atoms with Gasteiger partial charge in [-0.15, -0.1) is 0 Å². The highest BCUT2D eigenvalue weighted by atomic mass is 32.2. The van der Waals surface area contributed by atoms with E-state index in [-0.39, 0.29) is 23.3 Å². The van der Waals surface area contributed by atoms with Crippen LogP contribution in [-0.2, 0) is 11.0 Å². The molecule has 1 N–H and O–H groups in total. The second-order valence-corrected chi connectivity index (χ2v) is 6.69. The molecule has 3 amide bonds. The summed E-state index contributed by atoms with van der Waals surface area (Å²) in [6, 6.07) is 3.68. The quantitative estimate of drug-likeness (QED) is 0.870. The number of carbonyl (C=O) groups is 2. The summed E-state index contributed by atoms with van der Waals surface area (Å²) in [6.07, 6.45) is -1.84. The molecule has 1 fully saturated rings. The molecule has 1 saturated carbocycles. The summed E-state index contributed by atoms with van der Waals surface area (Å²) in [5, 5.41) is 3.13. The molecule has 1 atom stereocenters. The molecule has 1 unspecified atom stereocenters. The molecule has 3 rings (SSSR count). The van der Waals surface area contributed by atoms with E-state index in [9.17, 15) is 22.8 Å². The van der Waals surface area contributed by atoms with Gasteiger partial charge in [0.25, 0.3) is 0 Å². The van der Waals surface area contributed by atoms with Crippen LogP contribution in [0.3, 0.4) is 0 Å². The summed E-state index contributed by atoms with van der Waals surface area (Å²) >= 11 is 1.17. The van der Waals surface area contributed by atoms with Crippen molar-refractivity contribution in [3.63, 3.8) is 0 Å². The zero-order valence-corrected chi connectivity index (χ0v) is 13.8. The van der Waals surface area contributed by atoms with Crippen LogP contribution < -0.4 is 5.32 Å². The molecule has 25 heavy (non-hydrogen) atoms. The lowest BCUT2D eigenvalue weighted by atomic mass is 10.1. The smallest absolute Gasteiger partial charge is 0.325 e. The van der Waals surface area contributed by atoms with E-state index in [0.717, 1.165) is 37.1 Å². The molecule has 0 radical (unpaired) electrons. The summed E-state index contributed by atoms with van der Waals surface area (Å²) in [4.78, 5) is 31.3. The number of amides is 3. The standard InChI is InChI=1S/C16H14F3N3O2S/c17-16(18,19)9-4-6-10(7-5-9)20-13(23)8-25-14-11-2-1-3-12(11)21-15(24)22-14/h4-7,11H,1-3,8H2,(H,20,23). The van der Waals surface area contributed by atoms with Gasteiger partial charge in [-0.25, -0.2) is 9.79 Å². The molecule has 2 aliphatic rings. The van der Waals surface area contributed by atoms with E-state index in [1.54, 1.807) is 0 Å². The third-order valence-electron chi connectivity index (χ3n) is 3.92. The topological polar surface area (TPSA) is 70.9 Å². The predicted molar refractivity (Wildman–Crippen MR) is 90.1 cm³/mol. The first kappa shape index (κ1) is 17.7. The van der Waals surface area contributed by atoms with Gasteiger partial charge in [0.2, 0.25) is 5.91 Å². The average molecular weight is 369 g/mol. The number of fused-ring (bicyclic) bond motifs is 1. The molecule has 0 spiro atoms. The van der Waals surface area contributed by atoms with Crippen molar-refractivity contribution in [1.29, 1.82) is 0 Å². The Labute approximate surface area is 145 Å². The van der Waals surface area contributed by atoms with Gasteiger partial charge in [0.15, 0.2) is 0 Å². The van der Waals surface area contributed by atoms with Gasteiger partial charge in [-0.2, -0.15) is 18.2 Å². The normalized spacial score (nSPS) is 20.0. The molecule has 1 aromatic carbocycles. The third-order valence-corrected chi connectivity index (χ3v) is 5.00. The Morgan fingerprint density at radius 1 is 1.24 bits per heavy atom. The number of anilines is 1. The Morgan fingerprint density at radius 2 is 1.96 bits per heavy atom. The Morgan fingerprint density at radius 3 is 2.64 bits per heavy atom. The molecule has 0 aromatic heterocycles. The van der Waals surface area contributed by atoms with Crippen LogP contribution in [0.15, 0.2) is 34.3 Å². The van der Waals surface area contributed by atoms with Crippen LogP contribution in [0.4, 0.5) is 23.7 Å². The van der Waals surface area contributed by atoms with Crippen molar-refractivity contribution in [3.05, 3.63) is 29.8 Å². The van der Waals surface area contributed by atoms with Gasteiger partial charge in [-0.1, -0.05) is 11.8 Å². The molecule has 0 bridgehead atoms. The van der Waals surface area contributed by atoms with Crippen LogP contribution in [0, 0.1) is 5.92 Å². The summed E-state index contributed by atoms with van der Waals surface area (Å²) < 4.78 is 37.5. The molecule has 0 saturated heterocycles. The molecular weight excluding hydrogens is 355 g/mol. The maximum absolute atomic E-state index is 12.5. The van der Waals surface area contributed by atoms with E-state index in [0.29, 0.717) is 5.04 Å². The zero-order valence-electron chi connectivity index (χ0n) is 13.0. The number of carbonyl (C=O) groups excluding carboxylic acids is 2. The lowest BCUT2D eigenvalue weighted by Gasteiger charge is -2.16. The number of hydrogen-bond donors (Lipinski definition) is 1. The van der Waals surface area contributed by atoms with Crippen molar-refractivity contribution < 1.29 is 22.8 Å². The number of halogens is 3. The highest BCUT2D eigenvalue weighted by Gasteiger charge is 2.32. The van der Waals surface area contributed by atoms with Gasteiger partial charge < -0.3 is 5.32 Å². The first-order chi connectivity index (χ1) is 11.8. The molecule has 1 aliphatic heterocycles. The maximum atomic E-state index is 12.5. The average Bonchev–Trinajstić information content (AvgIpc) is 3.00. The minimum absolute atomic E-state index is 0.0153. The first-order valence-corrected chi connectivity index (χ1v) is 8.61. The molecule has 1 aliphatic carbocycles. The van der Waals surface area contributed by atoms with Gasteiger partial charge in [0, 0.05) is 17.3 Å². The number of nitrogens with one attached hydrogen (secondary N) is 1. The van der Waals surface area contributed by atoms with E-state index < -0.39 is 17.8 Å². The lowest BCUT2D eigenvalue weighted by Crippen LogP contribution is -2.24. The number of thioether (sulfide) groups is 1. The van der Waals surface area contributed by atoms with Crippen LogP contribution in [0.25, 0.3) is 0 Å². The Bertz CT molecular complexity index is 757. The number of alkyl halides is 3. The number of urea groups is 1. The van der Waals surface area contributed by atoms with Gasteiger partial charge in [-0.3, -0.25) is 4.79 Å². The summed E-state index contributed by atoms with van der Waals surface area (Å²) in [7, 11) is 0. The highest BCUT2D eigenvalue weighted by Crippen LogP contribution is 2.32. The second-order valence-electron chi connectivity index (χ2n) is 5.69. The van der Waals surface area contributed by atoms with Crippen LogP contribution in [-0.4, -0.2) is 28.4 Å². The number of rotatable bonds is 3. The van der Waals surface area contributed by atoms with E-state index in [2.05, 4.69) is 15.3 Å². The minimum atomic E-state index is -4.41. The zero-order chi connectivity index (χ0) is 18.0. The minimum Gasteiger partial charge on any atom is -0.325 e. The number of nitrogens with zero attached hydrogens (tertiary/aromatic N) is 2. The van der Waals surface area contributed by atoms with E-state index in [4.69, 9.17) is 0 Å². The van der Waals surface area contributed by atoms with Crippen molar-refractivity contribution >= 4 is 40.1 Å². The monoisotopic (exact) mass is 369 g/mol. The van der Waals surface area contributed by atoms with Gasteiger partial charge >= 0.3 is 12.2 Å². The highest BCUT2D eigenvalue weighted by molar-refractivity contribution is 8.14. The van der Waals surface area contributed by atoms with E-state index >= 15 is 0 Å². The van der Waals surface area contributed by atoms with Crippen molar-refractivity contribution in [2.45, 2.75) is 25.4 Å². The Hall–Kier alpha value is -2.16. The predicted octanol–water partition coefficient (Wildman–Crippen LogP) is 4.15. The maximum Gasteiger partial charge on any atom is 0.416 e. The summed E-state index contributed by atoms with van der Waals surface area (Å²) in [5.41, 5.74) is 0.331. The van der Waals surface area contributed by atoms with Gasteiger partial charge in [0.1, 0.15) is 0 Å². The number of benzene rings is 1. The largest absolute Gasteiger partial charge is 0.416 e. The molecule has 132 valence electrons. The summed E-state index contributed by atoms with van der Waals surface area (Å²) in [5.74, 6) is -0.333. The fourth-order valence-electron chi connectivity index (χ4n) is 2.76. The fraction of sp³-hybridized carbons (Fsp3) is 0.375. The van der Waals surface area contributed by atoms with Crippen LogP contribution >= 0.6 is 11.8 Å². The SMILES string of the molecule is O=C1N=C2CCCC2C(SCC(=O)Nc2ccc(C(F)(F)F)cc2)=N1.